The standard InChI is InChI=1S/C29H44O8/c1-5-9-13-16-22(30)26-21(29(34)35-19-12-8-4)20-23(31)27(36-24(32)17-14-10-6-2)28(26)37-25(33)18-15-11-7-3/h20,31H,5-19H2,1-4H3. The van der Waals surface area contributed by atoms with Crippen LogP contribution >= 0.6 is 0 Å². The summed E-state index contributed by atoms with van der Waals surface area (Å²) in [5.41, 5.74) is -0.409. The molecule has 0 saturated heterocycles. The van der Waals surface area contributed by atoms with Gasteiger partial charge < -0.3 is 19.3 Å². The van der Waals surface area contributed by atoms with Crippen LogP contribution in [0.2, 0.25) is 0 Å². The monoisotopic (exact) mass is 520 g/mol. The number of phenols is 1. The van der Waals surface area contributed by atoms with Crippen molar-refractivity contribution in [1.82, 2.24) is 0 Å². The smallest absolute Gasteiger partial charge is 0.339 e. The number of Topliss-reactive ketones (excluding diaryl/α,β-unsaturated/α-hetero) is 1. The summed E-state index contributed by atoms with van der Waals surface area (Å²) in [4.78, 5) is 51.6. The van der Waals surface area contributed by atoms with Gasteiger partial charge in [-0.15, -0.1) is 0 Å². The summed E-state index contributed by atoms with van der Waals surface area (Å²) in [6, 6.07) is 1.06. The number of rotatable bonds is 19. The Hall–Kier alpha value is -2.90. The second kappa shape index (κ2) is 18.4. The van der Waals surface area contributed by atoms with Crippen LogP contribution in [-0.4, -0.2) is 35.4 Å². The molecule has 0 fully saturated rings. The lowest BCUT2D eigenvalue weighted by Gasteiger charge is -2.18. The van der Waals surface area contributed by atoms with E-state index in [1.807, 2.05) is 27.7 Å². The van der Waals surface area contributed by atoms with Crippen molar-refractivity contribution < 1.29 is 38.5 Å². The molecule has 8 heteroatoms. The molecule has 0 bridgehead atoms. The van der Waals surface area contributed by atoms with Crippen molar-refractivity contribution in [3.63, 3.8) is 0 Å². The van der Waals surface area contributed by atoms with Gasteiger partial charge in [0.1, 0.15) is 0 Å². The highest BCUT2D eigenvalue weighted by Gasteiger charge is 2.31. The first-order valence-corrected chi connectivity index (χ1v) is 13.8. The average molecular weight is 521 g/mol. The number of ketones is 1. The molecule has 208 valence electrons. The second-order valence-electron chi connectivity index (χ2n) is 9.21. The van der Waals surface area contributed by atoms with Crippen LogP contribution in [0.15, 0.2) is 6.07 Å². The van der Waals surface area contributed by atoms with E-state index in [9.17, 15) is 24.3 Å². The van der Waals surface area contributed by atoms with Crippen LogP contribution in [0.25, 0.3) is 0 Å². The van der Waals surface area contributed by atoms with Crippen molar-refractivity contribution in [3.8, 4) is 17.2 Å². The van der Waals surface area contributed by atoms with E-state index in [2.05, 4.69) is 0 Å². The molecule has 0 radical (unpaired) electrons. The molecule has 0 unspecified atom stereocenters. The van der Waals surface area contributed by atoms with Gasteiger partial charge in [0.15, 0.2) is 17.3 Å². The molecule has 8 nitrogen and oxygen atoms in total. The highest BCUT2D eigenvalue weighted by molar-refractivity contribution is 6.10. The maximum Gasteiger partial charge on any atom is 0.339 e. The molecule has 37 heavy (non-hydrogen) atoms. The Morgan fingerprint density at radius 1 is 0.676 bits per heavy atom. The van der Waals surface area contributed by atoms with Gasteiger partial charge in [-0.05, 0) is 31.7 Å². The van der Waals surface area contributed by atoms with Crippen molar-refractivity contribution in [2.75, 3.05) is 6.61 Å². The molecule has 0 aromatic heterocycles. The lowest BCUT2D eigenvalue weighted by molar-refractivity contribution is -0.137. The molecule has 0 heterocycles. The summed E-state index contributed by atoms with van der Waals surface area (Å²) in [7, 11) is 0. The molecule has 0 spiro atoms. The fraction of sp³-hybridized carbons (Fsp3) is 0.655. The zero-order valence-electron chi connectivity index (χ0n) is 23.0. The topological polar surface area (TPSA) is 116 Å². The minimum atomic E-state index is -0.813. The molecular formula is C29H44O8. The first-order chi connectivity index (χ1) is 17.8. The molecule has 0 aliphatic rings. The fourth-order valence-corrected chi connectivity index (χ4v) is 3.68. The normalized spacial score (nSPS) is 10.7. The summed E-state index contributed by atoms with van der Waals surface area (Å²) >= 11 is 0. The van der Waals surface area contributed by atoms with E-state index in [0.717, 1.165) is 51.0 Å². The Morgan fingerprint density at radius 2 is 1.16 bits per heavy atom. The number of ether oxygens (including phenoxy) is 3. The predicted molar refractivity (Wildman–Crippen MR) is 141 cm³/mol. The van der Waals surface area contributed by atoms with Crippen molar-refractivity contribution in [2.24, 2.45) is 0 Å². The Labute approximate surface area is 221 Å². The Morgan fingerprint density at radius 3 is 1.68 bits per heavy atom. The van der Waals surface area contributed by atoms with Gasteiger partial charge in [0.2, 0.25) is 5.75 Å². The van der Waals surface area contributed by atoms with Crippen LogP contribution in [0.1, 0.15) is 138 Å². The van der Waals surface area contributed by atoms with Gasteiger partial charge >= 0.3 is 17.9 Å². The number of aromatic hydroxyl groups is 1. The van der Waals surface area contributed by atoms with E-state index >= 15 is 0 Å². The van der Waals surface area contributed by atoms with Crippen LogP contribution in [0.5, 0.6) is 17.2 Å². The summed E-state index contributed by atoms with van der Waals surface area (Å²) in [5.74, 6) is -3.93. The number of carbonyl (C=O) groups is 4. The lowest BCUT2D eigenvalue weighted by atomic mass is 9.97. The Kier molecular flexibility index (Phi) is 15.9. The van der Waals surface area contributed by atoms with Gasteiger partial charge in [-0.25, -0.2) is 4.79 Å². The third-order valence-corrected chi connectivity index (χ3v) is 5.85. The van der Waals surface area contributed by atoms with E-state index < -0.39 is 40.9 Å². The average Bonchev–Trinajstić information content (AvgIpc) is 2.86. The molecule has 0 aliphatic carbocycles. The van der Waals surface area contributed by atoms with Gasteiger partial charge in [-0.1, -0.05) is 72.6 Å². The zero-order valence-corrected chi connectivity index (χ0v) is 23.0. The number of unbranched alkanes of at least 4 members (excludes halogenated alkanes) is 7. The first kappa shape index (κ1) is 32.1. The van der Waals surface area contributed by atoms with Gasteiger partial charge in [-0.2, -0.15) is 0 Å². The molecule has 1 rings (SSSR count). The van der Waals surface area contributed by atoms with Crippen LogP contribution in [0.4, 0.5) is 0 Å². The molecule has 0 atom stereocenters. The molecule has 1 aromatic rings. The summed E-state index contributed by atoms with van der Waals surface area (Å²) in [5, 5.41) is 10.8. The van der Waals surface area contributed by atoms with Crippen LogP contribution in [0, 0.1) is 0 Å². The number of benzene rings is 1. The fourth-order valence-electron chi connectivity index (χ4n) is 3.68. The van der Waals surface area contributed by atoms with E-state index in [0.29, 0.717) is 25.7 Å². The maximum atomic E-state index is 13.4. The lowest BCUT2D eigenvalue weighted by Crippen LogP contribution is -2.19. The molecule has 1 N–H and O–H groups in total. The number of hydrogen-bond donors (Lipinski definition) is 1. The SMILES string of the molecule is CCCCCC(=O)Oc1c(O)cc(C(=O)OCCCC)c(C(=O)CCCCC)c1OC(=O)CCCCC. The third-order valence-electron chi connectivity index (χ3n) is 5.85. The Balaban J connectivity index is 3.56. The maximum absolute atomic E-state index is 13.4. The minimum absolute atomic E-state index is 0.0765. The van der Waals surface area contributed by atoms with Gasteiger partial charge in [0.05, 0.1) is 17.7 Å². The zero-order chi connectivity index (χ0) is 27.6. The highest BCUT2D eigenvalue weighted by atomic mass is 16.6. The van der Waals surface area contributed by atoms with Crippen molar-refractivity contribution >= 4 is 23.7 Å². The Bertz CT molecular complexity index is 890. The second-order valence-corrected chi connectivity index (χ2v) is 9.21. The van der Waals surface area contributed by atoms with Crippen molar-refractivity contribution in [3.05, 3.63) is 17.2 Å². The summed E-state index contributed by atoms with van der Waals surface area (Å²) < 4.78 is 16.3. The predicted octanol–water partition coefficient (Wildman–Crippen LogP) is 7.08. The van der Waals surface area contributed by atoms with Crippen molar-refractivity contribution in [2.45, 2.75) is 118 Å². The van der Waals surface area contributed by atoms with E-state index in [1.54, 1.807) is 0 Å². The number of carbonyl (C=O) groups excluding carboxylic acids is 4. The third kappa shape index (κ3) is 11.4. The molecule has 1 aromatic carbocycles. The largest absolute Gasteiger partial charge is 0.504 e. The van der Waals surface area contributed by atoms with E-state index in [4.69, 9.17) is 14.2 Å². The molecule has 0 amide bonds. The highest BCUT2D eigenvalue weighted by Crippen LogP contribution is 2.43. The number of phenolic OH excluding ortho intramolecular Hbond substituents is 1. The quantitative estimate of drug-likeness (QED) is 0.0890. The van der Waals surface area contributed by atoms with Crippen LogP contribution in [-0.2, 0) is 14.3 Å². The van der Waals surface area contributed by atoms with Gasteiger partial charge in [0, 0.05) is 19.3 Å². The minimum Gasteiger partial charge on any atom is -0.504 e. The van der Waals surface area contributed by atoms with Crippen LogP contribution in [0.3, 0.4) is 0 Å². The molecular weight excluding hydrogens is 476 g/mol. The molecule has 0 aliphatic heterocycles. The van der Waals surface area contributed by atoms with E-state index in [1.165, 1.54) is 0 Å². The van der Waals surface area contributed by atoms with Gasteiger partial charge in [0.25, 0.3) is 0 Å². The number of esters is 3. The van der Waals surface area contributed by atoms with Crippen LogP contribution < -0.4 is 9.47 Å². The van der Waals surface area contributed by atoms with E-state index in [-0.39, 0.29) is 37.0 Å². The van der Waals surface area contributed by atoms with Crippen molar-refractivity contribution in [1.29, 1.82) is 0 Å². The number of hydrogen-bond acceptors (Lipinski definition) is 8. The summed E-state index contributed by atoms with van der Waals surface area (Å²) in [6.45, 7) is 8.09. The van der Waals surface area contributed by atoms with Gasteiger partial charge in [-0.3, -0.25) is 14.4 Å². The molecule has 0 saturated carbocycles. The first-order valence-electron chi connectivity index (χ1n) is 13.8. The summed E-state index contributed by atoms with van der Waals surface area (Å²) in [6.07, 6.45) is 8.55.